The van der Waals surface area contributed by atoms with Gasteiger partial charge >= 0.3 is 0 Å². The molecule has 33 heavy (non-hydrogen) atoms. The van der Waals surface area contributed by atoms with Crippen molar-refractivity contribution in [3.05, 3.63) is 65.7 Å². The summed E-state index contributed by atoms with van der Waals surface area (Å²) in [7, 11) is -0.775. The fourth-order valence-corrected chi connectivity index (χ4v) is 5.05. The minimum atomic E-state index is -3.86. The Bertz CT molecular complexity index is 1050. The maximum absolute atomic E-state index is 13.0. The number of hydrogen-bond donors (Lipinski definition) is 2. The van der Waals surface area contributed by atoms with Crippen LogP contribution in [0.4, 0.5) is 0 Å². The lowest BCUT2D eigenvalue weighted by molar-refractivity contribution is -0.121. The average Bonchev–Trinajstić information content (AvgIpc) is 2.84. The molecule has 1 aliphatic carbocycles. The van der Waals surface area contributed by atoms with Crippen LogP contribution in [0.5, 0.6) is 11.5 Å². The summed E-state index contributed by atoms with van der Waals surface area (Å²) >= 11 is 0. The van der Waals surface area contributed by atoms with Gasteiger partial charge in [0.25, 0.3) is 0 Å². The zero-order valence-corrected chi connectivity index (χ0v) is 20.0. The highest BCUT2D eigenvalue weighted by Crippen LogP contribution is 2.24. The van der Waals surface area contributed by atoms with Gasteiger partial charge in [-0.1, -0.05) is 23.8 Å². The first-order chi connectivity index (χ1) is 15.9. The van der Waals surface area contributed by atoms with E-state index in [1.54, 1.807) is 43.5 Å². The Hall–Kier alpha value is -2.84. The van der Waals surface area contributed by atoms with Crippen molar-refractivity contribution < 1.29 is 22.7 Å². The second-order valence-corrected chi connectivity index (χ2v) is 9.75. The van der Waals surface area contributed by atoms with Crippen LogP contribution in [0.1, 0.15) is 50.1 Å². The van der Waals surface area contributed by atoms with Gasteiger partial charge in [-0.2, -0.15) is 0 Å². The number of methoxy groups -OCH3 is 2. The van der Waals surface area contributed by atoms with Gasteiger partial charge < -0.3 is 14.8 Å². The number of carbonyl (C=O) groups is 1. The Morgan fingerprint density at radius 1 is 0.970 bits per heavy atom. The lowest BCUT2D eigenvalue weighted by Crippen LogP contribution is -2.34. The van der Waals surface area contributed by atoms with Crippen LogP contribution in [0.25, 0.3) is 0 Å². The fourth-order valence-electron chi connectivity index (χ4n) is 3.83. The molecule has 0 saturated heterocycles. The molecule has 0 saturated carbocycles. The molecule has 7 nitrogen and oxygen atoms in total. The molecule has 1 amide bonds. The standard InChI is InChI=1S/C25H32N2O5S/c1-31-21-10-8-20(9-11-21)24(18-25(28)26-17-16-19-6-4-3-5-7-19)27-33(29,30)23-14-12-22(32-2)13-15-23/h6,8-15,24,27H,3-5,7,16-18H2,1-2H3,(H,26,28)/t24-/m0/s1. The predicted octanol–water partition coefficient (Wildman–Crippen LogP) is 4.12. The van der Waals surface area contributed by atoms with Crippen LogP contribution < -0.4 is 19.5 Å². The van der Waals surface area contributed by atoms with Gasteiger partial charge in [0.05, 0.1) is 25.2 Å². The van der Waals surface area contributed by atoms with Crippen LogP contribution >= 0.6 is 0 Å². The minimum Gasteiger partial charge on any atom is -0.497 e. The molecule has 3 rings (SSSR count). The number of amides is 1. The highest BCUT2D eigenvalue weighted by molar-refractivity contribution is 7.89. The molecule has 0 aromatic heterocycles. The van der Waals surface area contributed by atoms with Crippen molar-refractivity contribution in [2.24, 2.45) is 0 Å². The summed E-state index contributed by atoms with van der Waals surface area (Å²) in [6.07, 6.45) is 7.71. The highest BCUT2D eigenvalue weighted by Gasteiger charge is 2.24. The van der Waals surface area contributed by atoms with Gasteiger partial charge in [-0.3, -0.25) is 4.79 Å². The van der Waals surface area contributed by atoms with E-state index < -0.39 is 16.1 Å². The number of rotatable bonds is 11. The molecular formula is C25H32N2O5S. The first-order valence-corrected chi connectivity index (χ1v) is 12.6. The first-order valence-electron chi connectivity index (χ1n) is 11.2. The van der Waals surface area contributed by atoms with E-state index in [4.69, 9.17) is 9.47 Å². The van der Waals surface area contributed by atoms with Crippen LogP contribution in [-0.4, -0.2) is 35.1 Å². The largest absolute Gasteiger partial charge is 0.497 e. The molecule has 0 heterocycles. The summed E-state index contributed by atoms with van der Waals surface area (Å²) in [5.74, 6) is 1.01. The maximum Gasteiger partial charge on any atom is 0.241 e. The predicted molar refractivity (Wildman–Crippen MR) is 128 cm³/mol. The molecule has 0 fully saturated rings. The van der Waals surface area contributed by atoms with Crippen LogP contribution in [0.3, 0.4) is 0 Å². The number of benzene rings is 2. The van der Waals surface area contributed by atoms with Gasteiger partial charge in [0, 0.05) is 13.0 Å². The highest BCUT2D eigenvalue weighted by atomic mass is 32.2. The van der Waals surface area contributed by atoms with Crippen molar-refractivity contribution in [2.75, 3.05) is 20.8 Å². The van der Waals surface area contributed by atoms with Gasteiger partial charge in [0.1, 0.15) is 11.5 Å². The molecule has 1 aliphatic rings. The summed E-state index contributed by atoms with van der Waals surface area (Å²) < 4.78 is 39.0. The molecule has 0 unspecified atom stereocenters. The molecular weight excluding hydrogens is 440 g/mol. The van der Waals surface area contributed by atoms with Crippen molar-refractivity contribution >= 4 is 15.9 Å². The number of carbonyl (C=O) groups excluding carboxylic acids is 1. The maximum atomic E-state index is 13.0. The van der Waals surface area contributed by atoms with Crippen molar-refractivity contribution in [1.82, 2.24) is 10.0 Å². The van der Waals surface area contributed by atoms with Crippen LogP contribution in [0, 0.1) is 0 Å². The summed E-state index contributed by atoms with van der Waals surface area (Å²) in [5.41, 5.74) is 2.06. The normalized spacial score (nSPS) is 14.8. The van der Waals surface area contributed by atoms with Gasteiger partial charge in [-0.25, -0.2) is 13.1 Å². The Morgan fingerprint density at radius 3 is 2.18 bits per heavy atom. The zero-order valence-electron chi connectivity index (χ0n) is 19.2. The van der Waals surface area contributed by atoms with Crippen molar-refractivity contribution in [3.8, 4) is 11.5 Å². The smallest absolute Gasteiger partial charge is 0.241 e. The molecule has 0 bridgehead atoms. The van der Waals surface area contributed by atoms with Crippen molar-refractivity contribution in [3.63, 3.8) is 0 Å². The number of allylic oxidation sites excluding steroid dienone is 1. The number of sulfonamides is 1. The van der Waals surface area contributed by atoms with E-state index in [1.807, 2.05) is 0 Å². The molecule has 2 N–H and O–H groups in total. The molecule has 2 aromatic carbocycles. The van der Waals surface area contributed by atoms with Crippen LogP contribution in [0.2, 0.25) is 0 Å². The molecule has 178 valence electrons. The second-order valence-electron chi connectivity index (χ2n) is 8.03. The third-order valence-electron chi connectivity index (χ3n) is 5.73. The molecule has 2 aromatic rings. The minimum absolute atomic E-state index is 0.0131. The Labute approximate surface area is 196 Å². The van der Waals surface area contributed by atoms with E-state index in [1.165, 1.54) is 37.7 Å². The molecule has 1 atom stereocenters. The first kappa shape index (κ1) is 24.8. The van der Waals surface area contributed by atoms with E-state index >= 15 is 0 Å². The average molecular weight is 473 g/mol. The van der Waals surface area contributed by atoms with E-state index in [2.05, 4.69) is 16.1 Å². The quantitative estimate of drug-likeness (QED) is 0.480. The van der Waals surface area contributed by atoms with E-state index in [0.29, 0.717) is 23.6 Å². The topological polar surface area (TPSA) is 93.7 Å². The number of hydrogen-bond acceptors (Lipinski definition) is 5. The Kier molecular flexibility index (Phi) is 8.91. The van der Waals surface area contributed by atoms with E-state index in [-0.39, 0.29) is 17.2 Å². The lowest BCUT2D eigenvalue weighted by Gasteiger charge is -2.20. The Morgan fingerprint density at radius 2 is 1.61 bits per heavy atom. The molecule has 8 heteroatoms. The van der Waals surface area contributed by atoms with Gasteiger partial charge in [0.2, 0.25) is 15.9 Å². The molecule has 0 radical (unpaired) electrons. The molecule has 0 aliphatic heterocycles. The second kappa shape index (κ2) is 11.9. The third kappa shape index (κ3) is 7.33. The monoisotopic (exact) mass is 472 g/mol. The van der Waals surface area contributed by atoms with Crippen LogP contribution in [0.15, 0.2) is 65.1 Å². The summed E-state index contributed by atoms with van der Waals surface area (Å²) in [5, 5.41) is 2.94. The Balaban J connectivity index is 1.71. The van der Waals surface area contributed by atoms with Gasteiger partial charge in [0.15, 0.2) is 0 Å². The summed E-state index contributed by atoms with van der Waals surface area (Å²) in [4.78, 5) is 12.8. The van der Waals surface area contributed by atoms with Gasteiger partial charge in [-0.15, -0.1) is 0 Å². The number of nitrogens with one attached hydrogen (secondary N) is 2. The van der Waals surface area contributed by atoms with Crippen molar-refractivity contribution in [1.29, 1.82) is 0 Å². The number of ether oxygens (including phenoxy) is 2. The van der Waals surface area contributed by atoms with Crippen molar-refractivity contribution in [2.45, 2.75) is 49.5 Å². The third-order valence-corrected chi connectivity index (χ3v) is 7.22. The van der Waals surface area contributed by atoms with Crippen LogP contribution in [-0.2, 0) is 14.8 Å². The van der Waals surface area contributed by atoms with E-state index in [0.717, 1.165) is 19.3 Å². The lowest BCUT2D eigenvalue weighted by atomic mass is 9.97. The van der Waals surface area contributed by atoms with E-state index in [9.17, 15) is 13.2 Å². The summed E-state index contributed by atoms with van der Waals surface area (Å²) in [6.45, 7) is 0.547. The SMILES string of the molecule is COc1ccc([C@H](CC(=O)NCCC2=CCCCC2)NS(=O)(=O)c2ccc(OC)cc2)cc1. The molecule has 0 spiro atoms. The van der Waals surface area contributed by atoms with Gasteiger partial charge in [-0.05, 0) is 74.1 Å². The zero-order chi connectivity index (χ0) is 23.7. The summed E-state index contributed by atoms with van der Waals surface area (Å²) in [6, 6.07) is 12.4. The fraction of sp³-hybridized carbons (Fsp3) is 0.400.